The third kappa shape index (κ3) is 2.98. The van der Waals surface area contributed by atoms with Crippen molar-refractivity contribution in [2.45, 2.75) is 6.92 Å². The number of nitrogens with two attached hydrogens (primary N) is 1. The molecule has 0 saturated carbocycles. The molecule has 78 valence electrons. The van der Waals surface area contributed by atoms with Crippen molar-refractivity contribution in [1.29, 1.82) is 0 Å². The number of hydrogen-bond acceptors (Lipinski definition) is 2. The maximum Gasteiger partial charge on any atom is 0.221 e. The van der Waals surface area contributed by atoms with E-state index >= 15 is 0 Å². The van der Waals surface area contributed by atoms with Crippen LogP contribution >= 0.6 is 0 Å². The Balaban J connectivity index is 3.13. The lowest BCUT2D eigenvalue weighted by Gasteiger charge is -2.08. The van der Waals surface area contributed by atoms with E-state index in [4.69, 9.17) is 5.73 Å². The molecule has 3 nitrogen and oxygen atoms in total. The molecule has 3 N–H and O–H groups in total. The van der Waals surface area contributed by atoms with Gasteiger partial charge in [-0.3, -0.25) is 4.79 Å². The summed E-state index contributed by atoms with van der Waals surface area (Å²) in [5.74, 6) is -0.117. The van der Waals surface area contributed by atoms with E-state index in [1.54, 1.807) is 30.4 Å². The van der Waals surface area contributed by atoms with Crippen molar-refractivity contribution in [2.24, 2.45) is 0 Å². The van der Waals surface area contributed by atoms with Gasteiger partial charge in [0.1, 0.15) is 0 Å². The van der Waals surface area contributed by atoms with Crippen LogP contribution < -0.4 is 11.1 Å². The molecule has 0 atom stereocenters. The Morgan fingerprint density at radius 3 is 2.87 bits per heavy atom. The number of anilines is 2. The number of nitrogen functional groups attached to an aromatic ring is 1. The molecule has 0 aliphatic carbocycles. The quantitative estimate of drug-likeness (QED) is 0.584. The predicted molar refractivity (Wildman–Crippen MR) is 64.4 cm³/mol. The predicted octanol–water partition coefficient (Wildman–Crippen LogP) is 2.43. The first-order valence-electron chi connectivity index (χ1n) is 4.60. The van der Waals surface area contributed by atoms with Crippen LogP contribution in [0.4, 0.5) is 11.4 Å². The normalized spacial score (nSPS) is 10.2. The number of amides is 1. The number of carbonyl (C=O) groups is 1. The summed E-state index contributed by atoms with van der Waals surface area (Å²) in [6.07, 6.45) is 5.24. The minimum Gasteiger partial charge on any atom is -0.398 e. The molecule has 0 heterocycles. The molecule has 0 saturated heterocycles. The van der Waals surface area contributed by atoms with Gasteiger partial charge in [0, 0.05) is 18.2 Å². The minimum atomic E-state index is -0.117. The summed E-state index contributed by atoms with van der Waals surface area (Å²) in [5, 5.41) is 2.72. The highest BCUT2D eigenvalue weighted by Gasteiger charge is 2.03. The van der Waals surface area contributed by atoms with Crippen LogP contribution in [-0.4, -0.2) is 5.91 Å². The highest BCUT2D eigenvalue weighted by molar-refractivity contribution is 5.93. The molecule has 0 bridgehead atoms. The molecule has 0 radical (unpaired) electrons. The number of rotatable bonds is 3. The maximum absolute atomic E-state index is 11.0. The van der Waals surface area contributed by atoms with Crippen LogP contribution in [0, 0.1) is 0 Å². The monoisotopic (exact) mass is 202 g/mol. The summed E-state index contributed by atoms with van der Waals surface area (Å²) >= 11 is 0. The van der Waals surface area contributed by atoms with Gasteiger partial charge in [0.2, 0.25) is 5.91 Å². The summed E-state index contributed by atoms with van der Waals surface area (Å²) in [4.78, 5) is 11.0. The van der Waals surface area contributed by atoms with Crippen LogP contribution in [0.3, 0.4) is 0 Å². The van der Waals surface area contributed by atoms with Crippen LogP contribution in [0.2, 0.25) is 0 Å². The van der Waals surface area contributed by atoms with Crippen molar-refractivity contribution in [2.75, 3.05) is 11.1 Å². The molecule has 0 aliphatic heterocycles. The van der Waals surface area contributed by atoms with Gasteiger partial charge >= 0.3 is 0 Å². The van der Waals surface area contributed by atoms with E-state index in [0.29, 0.717) is 11.4 Å². The van der Waals surface area contributed by atoms with E-state index in [9.17, 15) is 4.79 Å². The zero-order chi connectivity index (χ0) is 11.3. The number of allylic oxidation sites excluding steroid dienone is 2. The fourth-order valence-electron chi connectivity index (χ4n) is 1.23. The Labute approximate surface area is 89.3 Å². The van der Waals surface area contributed by atoms with Crippen molar-refractivity contribution >= 4 is 23.4 Å². The Bertz CT molecular complexity index is 408. The Hall–Kier alpha value is -2.03. The molecule has 1 aromatic rings. The first kappa shape index (κ1) is 11.0. The fraction of sp³-hybridized carbons (Fsp3) is 0.0833. The minimum absolute atomic E-state index is 0.117. The van der Waals surface area contributed by atoms with Crippen molar-refractivity contribution in [3.63, 3.8) is 0 Å². The first-order chi connectivity index (χ1) is 7.15. The van der Waals surface area contributed by atoms with Crippen LogP contribution in [0.1, 0.15) is 12.5 Å². The van der Waals surface area contributed by atoms with Gasteiger partial charge in [0.05, 0.1) is 5.69 Å². The third-order valence-corrected chi connectivity index (χ3v) is 1.85. The smallest absolute Gasteiger partial charge is 0.221 e. The van der Waals surface area contributed by atoms with Gasteiger partial charge in [0.15, 0.2) is 0 Å². The number of hydrogen-bond donors (Lipinski definition) is 2. The standard InChI is InChI=1S/C12H14N2O/c1-3-4-6-10-11(13)7-5-8-12(10)14-9(2)15/h3-8H,1,13H2,2H3,(H,14,15)/b6-4-. The van der Waals surface area contributed by atoms with Crippen molar-refractivity contribution in [3.8, 4) is 0 Å². The van der Waals surface area contributed by atoms with Crippen molar-refractivity contribution in [3.05, 3.63) is 42.5 Å². The molecule has 0 unspecified atom stereocenters. The van der Waals surface area contributed by atoms with Crippen molar-refractivity contribution < 1.29 is 4.79 Å². The van der Waals surface area contributed by atoms with E-state index in [0.717, 1.165) is 5.56 Å². The second-order valence-corrected chi connectivity index (χ2v) is 3.08. The average molecular weight is 202 g/mol. The second-order valence-electron chi connectivity index (χ2n) is 3.08. The van der Waals surface area contributed by atoms with Gasteiger partial charge in [0.25, 0.3) is 0 Å². The zero-order valence-corrected chi connectivity index (χ0v) is 8.66. The third-order valence-electron chi connectivity index (χ3n) is 1.85. The molecule has 1 rings (SSSR count). The van der Waals surface area contributed by atoms with Gasteiger partial charge in [-0.1, -0.05) is 30.9 Å². The SMILES string of the molecule is C=C/C=C\c1c(N)cccc1NC(C)=O. The molecule has 1 aromatic carbocycles. The van der Waals surface area contributed by atoms with Crippen LogP contribution in [0.15, 0.2) is 36.9 Å². The lowest BCUT2D eigenvalue weighted by Crippen LogP contribution is -2.07. The van der Waals surface area contributed by atoms with E-state index in [1.165, 1.54) is 6.92 Å². The largest absolute Gasteiger partial charge is 0.398 e. The molecule has 15 heavy (non-hydrogen) atoms. The Morgan fingerprint density at radius 1 is 1.53 bits per heavy atom. The first-order valence-corrected chi connectivity index (χ1v) is 4.60. The topological polar surface area (TPSA) is 55.1 Å². The molecule has 0 aromatic heterocycles. The van der Waals surface area contributed by atoms with E-state index in [-0.39, 0.29) is 5.91 Å². The van der Waals surface area contributed by atoms with E-state index in [2.05, 4.69) is 11.9 Å². The second kappa shape index (κ2) is 5.00. The number of carbonyl (C=O) groups excluding carboxylic acids is 1. The fourth-order valence-corrected chi connectivity index (χ4v) is 1.23. The summed E-state index contributed by atoms with van der Waals surface area (Å²) in [6, 6.07) is 5.39. The molecular weight excluding hydrogens is 188 g/mol. The highest BCUT2D eigenvalue weighted by Crippen LogP contribution is 2.23. The lowest BCUT2D eigenvalue weighted by molar-refractivity contribution is -0.114. The number of benzene rings is 1. The molecule has 3 heteroatoms. The van der Waals surface area contributed by atoms with Crippen LogP contribution in [-0.2, 0) is 4.79 Å². The lowest BCUT2D eigenvalue weighted by atomic mass is 10.1. The maximum atomic E-state index is 11.0. The Kier molecular flexibility index (Phi) is 3.68. The summed E-state index contributed by atoms with van der Waals surface area (Å²) in [7, 11) is 0. The van der Waals surface area contributed by atoms with Gasteiger partial charge in [-0.05, 0) is 12.1 Å². The van der Waals surface area contributed by atoms with Gasteiger partial charge in [-0.25, -0.2) is 0 Å². The highest BCUT2D eigenvalue weighted by atomic mass is 16.1. The van der Waals surface area contributed by atoms with Gasteiger partial charge in [-0.15, -0.1) is 0 Å². The van der Waals surface area contributed by atoms with Crippen LogP contribution in [0.5, 0.6) is 0 Å². The van der Waals surface area contributed by atoms with Crippen molar-refractivity contribution in [1.82, 2.24) is 0 Å². The summed E-state index contributed by atoms with van der Waals surface area (Å²) in [6.45, 7) is 5.04. The summed E-state index contributed by atoms with van der Waals surface area (Å²) < 4.78 is 0. The van der Waals surface area contributed by atoms with E-state index < -0.39 is 0 Å². The average Bonchev–Trinajstić information content (AvgIpc) is 2.16. The zero-order valence-electron chi connectivity index (χ0n) is 8.66. The van der Waals surface area contributed by atoms with Gasteiger partial charge < -0.3 is 11.1 Å². The molecule has 0 spiro atoms. The van der Waals surface area contributed by atoms with Gasteiger partial charge in [-0.2, -0.15) is 0 Å². The molecule has 1 amide bonds. The van der Waals surface area contributed by atoms with E-state index in [1.807, 2.05) is 6.08 Å². The molecule has 0 fully saturated rings. The number of nitrogens with one attached hydrogen (secondary N) is 1. The Morgan fingerprint density at radius 2 is 2.27 bits per heavy atom. The van der Waals surface area contributed by atoms with Crippen LogP contribution in [0.25, 0.3) is 6.08 Å². The molecule has 0 aliphatic rings. The molecular formula is C12H14N2O. The summed E-state index contributed by atoms with van der Waals surface area (Å²) in [5.41, 5.74) is 7.93.